The molecule has 2 aromatic heterocycles. The number of pyridine rings is 2. The molecule has 1 aromatic carbocycles. The maximum Gasteiger partial charge on any atom is 0.387 e. The molecular formula is C33H38F3N5O5. The van der Waals surface area contributed by atoms with Crippen LogP contribution in [0.1, 0.15) is 72.9 Å². The van der Waals surface area contributed by atoms with E-state index in [2.05, 4.69) is 34.2 Å². The monoisotopic (exact) mass is 641 g/mol. The molecule has 46 heavy (non-hydrogen) atoms. The number of alkyl halides is 3. The number of nitrogens with one attached hydrogen (secondary N) is 2. The number of likely N-dealkylation sites (tertiary alicyclic amines) is 1. The summed E-state index contributed by atoms with van der Waals surface area (Å²) in [4.78, 5) is 46.0. The first-order chi connectivity index (χ1) is 21.9. The summed E-state index contributed by atoms with van der Waals surface area (Å²) >= 11 is 0. The van der Waals surface area contributed by atoms with E-state index in [1.165, 1.54) is 29.2 Å². The fourth-order valence-corrected chi connectivity index (χ4v) is 5.15. The van der Waals surface area contributed by atoms with Gasteiger partial charge in [-0.25, -0.2) is 4.39 Å². The standard InChI is InChI=1S/C33H38F3N5O5/c1-18(2)13-37-14-20-9-27(32(44)41(15-20)23-5-6-23)30(42)39-28-10-21(11-29(38-28)45-19(3)4)25-8-7-24(46-33(35)36)12-26(25)31(43)40-16-22(34)17-40/h7-12,15,18-19,22-23,33,37H,5-6,13-14,16-17H2,1-4H3,(H,38,39,42). The third kappa shape index (κ3) is 8.06. The number of nitrogens with zero attached hydrogens (tertiary/aromatic N) is 3. The van der Waals surface area contributed by atoms with E-state index in [0.717, 1.165) is 24.9 Å². The summed E-state index contributed by atoms with van der Waals surface area (Å²) in [7, 11) is 0. The second-order valence-electron chi connectivity index (χ2n) is 12.3. The predicted octanol–water partition coefficient (Wildman–Crippen LogP) is 5.43. The van der Waals surface area contributed by atoms with Crippen molar-refractivity contribution < 1.29 is 32.2 Å². The van der Waals surface area contributed by atoms with E-state index in [1.54, 1.807) is 36.7 Å². The van der Waals surface area contributed by atoms with Crippen LogP contribution in [0.5, 0.6) is 11.6 Å². The van der Waals surface area contributed by atoms with E-state index < -0.39 is 30.2 Å². The van der Waals surface area contributed by atoms with E-state index in [9.17, 15) is 27.6 Å². The van der Waals surface area contributed by atoms with E-state index >= 15 is 0 Å². The Kier molecular flexibility index (Phi) is 10.00. The molecule has 246 valence electrons. The lowest BCUT2D eigenvalue weighted by Gasteiger charge is -2.34. The molecule has 1 aliphatic heterocycles. The third-order valence-electron chi connectivity index (χ3n) is 7.45. The molecule has 2 fully saturated rings. The number of hydrogen-bond donors (Lipinski definition) is 2. The van der Waals surface area contributed by atoms with E-state index in [4.69, 9.17) is 4.74 Å². The van der Waals surface area contributed by atoms with Gasteiger partial charge in [0.15, 0.2) is 0 Å². The van der Waals surface area contributed by atoms with Crippen LogP contribution < -0.4 is 25.7 Å². The number of carbonyl (C=O) groups is 2. The van der Waals surface area contributed by atoms with Crippen LogP contribution in [0.2, 0.25) is 0 Å². The third-order valence-corrected chi connectivity index (χ3v) is 7.45. The number of carbonyl (C=O) groups excluding carboxylic acids is 2. The highest BCUT2D eigenvalue weighted by atomic mass is 19.3. The molecule has 3 heterocycles. The first kappa shape index (κ1) is 33.0. The molecule has 2 aliphatic rings. The van der Waals surface area contributed by atoms with Crippen molar-refractivity contribution in [3.63, 3.8) is 0 Å². The van der Waals surface area contributed by atoms with Gasteiger partial charge in [-0.1, -0.05) is 13.8 Å². The molecule has 0 unspecified atom stereocenters. The number of anilines is 1. The zero-order valence-corrected chi connectivity index (χ0v) is 26.2. The van der Waals surface area contributed by atoms with E-state index in [0.29, 0.717) is 23.6 Å². The molecule has 0 atom stereocenters. The molecule has 3 aromatic rings. The van der Waals surface area contributed by atoms with Crippen molar-refractivity contribution in [2.75, 3.05) is 25.0 Å². The summed E-state index contributed by atoms with van der Waals surface area (Å²) in [5, 5.41) is 6.06. The fourth-order valence-electron chi connectivity index (χ4n) is 5.15. The maximum absolute atomic E-state index is 13.6. The van der Waals surface area contributed by atoms with Crippen LogP contribution in [0.4, 0.5) is 19.0 Å². The molecule has 0 bridgehead atoms. The van der Waals surface area contributed by atoms with Gasteiger partial charge in [0, 0.05) is 24.8 Å². The normalized spacial score (nSPS) is 15.0. The molecule has 0 radical (unpaired) electrons. The molecule has 1 saturated carbocycles. The molecular weight excluding hydrogens is 603 g/mol. The van der Waals surface area contributed by atoms with Crippen molar-refractivity contribution in [2.45, 2.75) is 72.0 Å². The second kappa shape index (κ2) is 13.9. The first-order valence-electron chi connectivity index (χ1n) is 15.4. The van der Waals surface area contributed by atoms with Gasteiger partial charge in [0.25, 0.3) is 17.4 Å². The van der Waals surface area contributed by atoms with Gasteiger partial charge in [0.1, 0.15) is 23.3 Å². The number of hydrogen-bond acceptors (Lipinski definition) is 7. The fraction of sp³-hybridized carbons (Fsp3) is 0.455. The first-order valence-corrected chi connectivity index (χ1v) is 15.4. The molecule has 1 saturated heterocycles. The number of rotatable bonds is 13. The molecule has 2 N–H and O–H groups in total. The topological polar surface area (TPSA) is 115 Å². The van der Waals surface area contributed by atoms with Gasteiger partial charge in [-0.15, -0.1) is 0 Å². The van der Waals surface area contributed by atoms with E-state index in [-0.39, 0.29) is 53.8 Å². The summed E-state index contributed by atoms with van der Waals surface area (Å²) in [6, 6.07) is 8.55. The lowest BCUT2D eigenvalue weighted by Crippen LogP contribution is -2.51. The summed E-state index contributed by atoms with van der Waals surface area (Å²) in [5.41, 5.74) is 1.00. The van der Waals surface area contributed by atoms with Gasteiger partial charge in [-0.05, 0) is 86.2 Å². The highest BCUT2D eigenvalue weighted by Crippen LogP contribution is 2.35. The summed E-state index contributed by atoms with van der Waals surface area (Å²) < 4.78 is 51.6. The van der Waals surface area contributed by atoms with Crippen LogP contribution in [-0.2, 0) is 6.54 Å². The Hall–Kier alpha value is -4.39. The molecule has 1 aliphatic carbocycles. The number of benzene rings is 1. The van der Waals surface area contributed by atoms with E-state index in [1.807, 2.05) is 0 Å². The van der Waals surface area contributed by atoms with Crippen LogP contribution in [0.3, 0.4) is 0 Å². The Morgan fingerprint density at radius 1 is 1.02 bits per heavy atom. The minimum absolute atomic E-state index is 0.00191. The lowest BCUT2D eigenvalue weighted by atomic mass is 9.97. The molecule has 0 spiro atoms. The lowest BCUT2D eigenvalue weighted by molar-refractivity contribution is -0.0499. The number of amides is 2. The van der Waals surface area contributed by atoms with Gasteiger partial charge in [0.05, 0.1) is 24.8 Å². The predicted molar refractivity (Wildman–Crippen MR) is 166 cm³/mol. The van der Waals surface area contributed by atoms with Crippen molar-refractivity contribution in [3.8, 4) is 22.8 Å². The van der Waals surface area contributed by atoms with Crippen LogP contribution in [-0.4, -0.2) is 64.8 Å². The zero-order valence-electron chi connectivity index (χ0n) is 26.2. The van der Waals surface area contributed by atoms with Gasteiger partial charge in [-0.2, -0.15) is 13.8 Å². The molecule has 2 amide bonds. The second-order valence-corrected chi connectivity index (χ2v) is 12.3. The minimum atomic E-state index is -3.11. The average molecular weight is 642 g/mol. The number of aromatic nitrogens is 2. The Morgan fingerprint density at radius 2 is 1.76 bits per heavy atom. The van der Waals surface area contributed by atoms with Gasteiger partial charge in [-0.3, -0.25) is 14.4 Å². The summed E-state index contributed by atoms with van der Waals surface area (Å²) in [5.74, 6) is -0.900. The molecule has 10 nitrogen and oxygen atoms in total. The number of halogens is 3. The van der Waals surface area contributed by atoms with Gasteiger partial charge < -0.3 is 29.6 Å². The Morgan fingerprint density at radius 3 is 2.39 bits per heavy atom. The summed E-state index contributed by atoms with van der Waals surface area (Å²) in [6.07, 6.45) is 2.03. The molecule has 13 heteroatoms. The van der Waals surface area contributed by atoms with Crippen molar-refractivity contribution in [1.82, 2.24) is 19.8 Å². The number of ether oxygens (including phenoxy) is 2. The average Bonchev–Trinajstić information content (AvgIpc) is 3.80. The zero-order chi connectivity index (χ0) is 33.1. The van der Waals surface area contributed by atoms with Crippen LogP contribution in [0.15, 0.2) is 47.4 Å². The quantitative estimate of drug-likeness (QED) is 0.256. The highest BCUT2D eigenvalue weighted by Gasteiger charge is 2.33. The van der Waals surface area contributed by atoms with Crippen LogP contribution in [0.25, 0.3) is 11.1 Å². The van der Waals surface area contributed by atoms with Crippen molar-refractivity contribution in [1.29, 1.82) is 0 Å². The van der Waals surface area contributed by atoms with Crippen LogP contribution >= 0.6 is 0 Å². The molecule has 5 rings (SSSR count). The SMILES string of the molecule is CC(C)CNCc1cc(C(=O)Nc2cc(-c3ccc(OC(F)F)cc3C(=O)N3CC(F)C3)cc(OC(C)C)n2)c(=O)n(C2CC2)c1. The Balaban J connectivity index is 1.51. The smallest absolute Gasteiger partial charge is 0.387 e. The van der Waals surface area contributed by atoms with Crippen molar-refractivity contribution in [3.05, 3.63) is 69.6 Å². The highest BCUT2D eigenvalue weighted by molar-refractivity contribution is 6.05. The van der Waals surface area contributed by atoms with Crippen LogP contribution in [0, 0.1) is 5.92 Å². The Bertz CT molecular complexity index is 1650. The van der Waals surface area contributed by atoms with Gasteiger partial charge >= 0.3 is 6.61 Å². The Labute approximate surface area is 264 Å². The summed E-state index contributed by atoms with van der Waals surface area (Å²) in [6.45, 7) is 5.64. The van der Waals surface area contributed by atoms with Crippen molar-refractivity contribution >= 4 is 17.6 Å². The largest absolute Gasteiger partial charge is 0.475 e. The van der Waals surface area contributed by atoms with Gasteiger partial charge in [0.2, 0.25) is 5.88 Å². The van der Waals surface area contributed by atoms with Crippen molar-refractivity contribution in [2.24, 2.45) is 5.92 Å². The minimum Gasteiger partial charge on any atom is -0.475 e. The maximum atomic E-state index is 13.6.